The van der Waals surface area contributed by atoms with E-state index in [0.717, 1.165) is 12.2 Å². The molecule has 0 spiro atoms. The van der Waals surface area contributed by atoms with Crippen LogP contribution in [0.3, 0.4) is 0 Å². The van der Waals surface area contributed by atoms with Crippen LogP contribution >= 0.6 is 0 Å². The van der Waals surface area contributed by atoms with Gasteiger partial charge in [0.15, 0.2) is 6.61 Å². The number of hydrogen-bond acceptors (Lipinski definition) is 4. The second kappa shape index (κ2) is 9.60. The van der Waals surface area contributed by atoms with E-state index in [-0.39, 0.29) is 12.6 Å². The smallest absolute Gasteiger partial charge is 0.255 e. The van der Waals surface area contributed by atoms with Gasteiger partial charge in [-0.2, -0.15) is 0 Å². The van der Waals surface area contributed by atoms with Crippen molar-refractivity contribution in [3.63, 3.8) is 0 Å². The molecule has 28 heavy (non-hydrogen) atoms. The summed E-state index contributed by atoms with van der Waals surface area (Å²) in [6.07, 6.45) is 3.46. The standard InChI is InChI=1S/C23H30N2O3/c1-3-27-22-6-4-5-18(14-22)16(2)25-20-10-7-19(13-20)17-8-11-21(12-9-17)28-15-23(24)26/h4-6,8-9,11-12,14,16,19-20,25H,3,7,10,13,15H2,1-2H3,(H2,24,26). The third-order valence-corrected chi connectivity index (χ3v) is 5.32. The zero-order valence-corrected chi connectivity index (χ0v) is 16.7. The van der Waals surface area contributed by atoms with Crippen molar-refractivity contribution in [2.24, 2.45) is 5.73 Å². The predicted octanol–water partition coefficient (Wildman–Crippen LogP) is 3.94. The molecule has 3 N–H and O–H groups in total. The van der Waals surface area contributed by atoms with Crippen LogP contribution in [0.15, 0.2) is 48.5 Å². The Balaban J connectivity index is 1.53. The molecule has 1 amide bonds. The predicted molar refractivity (Wildman–Crippen MR) is 111 cm³/mol. The van der Waals surface area contributed by atoms with Gasteiger partial charge in [-0.25, -0.2) is 0 Å². The lowest BCUT2D eigenvalue weighted by molar-refractivity contribution is -0.119. The highest BCUT2D eigenvalue weighted by molar-refractivity contribution is 5.75. The molecule has 1 aliphatic rings. The van der Waals surface area contributed by atoms with E-state index < -0.39 is 5.91 Å². The van der Waals surface area contributed by atoms with Gasteiger partial charge in [-0.15, -0.1) is 0 Å². The number of hydrogen-bond donors (Lipinski definition) is 2. The minimum absolute atomic E-state index is 0.0862. The van der Waals surface area contributed by atoms with E-state index >= 15 is 0 Å². The molecule has 0 heterocycles. The lowest BCUT2D eigenvalue weighted by Crippen LogP contribution is -2.29. The van der Waals surface area contributed by atoms with Gasteiger partial charge in [-0.3, -0.25) is 4.79 Å². The van der Waals surface area contributed by atoms with Crippen LogP contribution in [0.5, 0.6) is 11.5 Å². The van der Waals surface area contributed by atoms with Crippen molar-refractivity contribution in [3.8, 4) is 11.5 Å². The molecule has 150 valence electrons. The zero-order chi connectivity index (χ0) is 19.9. The molecule has 5 heteroatoms. The number of carbonyl (C=O) groups is 1. The number of carbonyl (C=O) groups excluding carboxylic acids is 1. The number of primary amides is 1. The van der Waals surface area contributed by atoms with Crippen LogP contribution in [0.25, 0.3) is 0 Å². The quantitative estimate of drug-likeness (QED) is 0.689. The van der Waals surface area contributed by atoms with E-state index in [1.165, 1.54) is 24.0 Å². The summed E-state index contributed by atoms with van der Waals surface area (Å²) in [6, 6.07) is 17.1. The number of benzene rings is 2. The van der Waals surface area contributed by atoms with E-state index in [1.807, 2.05) is 25.1 Å². The van der Waals surface area contributed by atoms with Crippen molar-refractivity contribution in [2.45, 2.75) is 51.1 Å². The Bertz CT molecular complexity index is 776. The van der Waals surface area contributed by atoms with E-state index in [9.17, 15) is 4.79 Å². The number of ether oxygens (including phenoxy) is 2. The lowest BCUT2D eigenvalue weighted by Gasteiger charge is -2.21. The van der Waals surface area contributed by atoms with Gasteiger partial charge in [0.25, 0.3) is 5.91 Å². The minimum atomic E-state index is -0.463. The van der Waals surface area contributed by atoms with Gasteiger partial charge in [0, 0.05) is 12.1 Å². The largest absolute Gasteiger partial charge is 0.494 e. The molecular weight excluding hydrogens is 352 g/mol. The molecule has 0 radical (unpaired) electrons. The second-order valence-corrected chi connectivity index (χ2v) is 7.42. The van der Waals surface area contributed by atoms with Gasteiger partial charge in [-0.05, 0) is 74.4 Å². The third kappa shape index (κ3) is 5.49. The fourth-order valence-electron chi connectivity index (χ4n) is 3.92. The molecule has 3 unspecified atom stereocenters. The van der Waals surface area contributed by atoms with Gasteiger partial charge in [0.2, 0.25) is 0 Å². The first-order valence-electron chi connectivity index (χ1n) is 10.0. The second-order valence-electron chi connectivity index (χ2n) is 7.42. The Labute approximate surface area is 167 Å². The van der Waals surface area contributed by atoms with Crippen LogP contribution in [-0.4, -0.2) is 25.2 Å². The molecule has 2 aromatic rings. The third-order valence-electron chi connectivity index (χ3n) is 5.32. The number of amides is 1. The maximum atomic E-state index is 10.8. The van der Waals surface area contributed by atoms with Gasteiger partial charge < -0.3 is 20.5 Å². The summed E-state index contributed by atoms with van der Waals surface area (Å²) < 4.78 is 11.0. The van der Waals surface area contributed by atoms with Crippen LogP contribution in [0.1, 0.15) is 56.2 Å². The van der Waals surface area contributed by atoms with Crippen molar-refractivity contribution in [1.29, 1.82) is 0 Å². The summed E-state index contributed by atoms with van der Waals surface area (Å²) in [5.74, 6) is 1.69. The molecule has 5 nitrogen and oxygen atoms in total. The van der Waals surface area contributed by atoms with E-state index in [0.29, 0.717) is 24.3 Å². The Morgan fingerprint density at radius 2 is 1.93 bits per heavy atom. The Morgan fingerprint density at radius 1 is 1.14 bits per heavy atom. The Kier molecular flexibility index (Phi) is 6.93. The number of nitrogens with one attached hydrogen (secondary N) is 1. The van der Waals surface area contributed by atoms with Gasteiger partial charge >= 0.3 is 0 Å². The molecule has 0 aliphatic heterocycles. The molecule has 1 fully saturated rings. The van der Waals surface area contributed by atoms with Crippen LogP contribution in [0.2, 0.25) is 0 Å². The molecule has 3 atom stereocenters. The monoisotopic (exact) mass is 382 g/mol. The molecular formula is C23H30N2O3. The summed E-state index contributed by atoms with van der Waals surface area (Å²) in [5, 5.41) is 3.78. The maximum Gasteiger partial charge on any atom is 0.255 e. The first-order chi connectivity index (χ1) is 13.5. The van der Waals surface area contributed by atoms with E-state index in [4.69, 9.17) is 15.2 Å². The molecule has 2 aromatic carbocycles. The summed E-state index contributed by atoms with van der Waals surface area (Å²) in [5.41, 5.74) is 7.69. The topological polar surface area (TPSA) is 73.6 Å². The van der Waals surface area contributed by atoms with Crippen LogP contribution in [0, 0.1) is 0 Å². The van der Waals surface area contributed by atoms with E-state index in [1.54, 1.807) is 0 Å². The summed E-state index contributed by atoms with van der Waals surface area (Å²) >= 11 is 0. The van der Waals surface area contributed by atoms with Crippen LogP contribution in [-0.2, 0) is 4.79 Å². The highest BCUT2D eigenvalue weighted by Gasteiger charge is 2.27. The zero-order valence-electron chi connectivity index (χ0n) is 16.7. The Hall–Kier alpha value is -2.53. The van der Waals surface area contributed by atoms with Gasteiger partial charge in [0.1, 0.15) is 11.5 Å². The van der Waals surface area contributed by atoms with Crippen LogP contribution < -0.4 is 20.5 Å². The number of rotatable bonds is 9. The molecule has 0 bridgehead atoms. The van der Waals surface area contributed by atoms with Gasteiger partial charge in [0.05, 0.1) is 6.61 Å². The highest BCUT2D eigenvalue weighted by Crippen LogP contribution is 2.36. The van der Waals surface area contributed by atoms with Crippen molar-refractivity contribution in [2.75, 3.05) is 13.2 Å². The first-order valence-corrected chi connectivity index (χ1v) is 10.0. The van der Waals surface area contributed by atoms with E-state index in [2.05, 4.69) is 42.6 Å². The highest BCUT2D eigenvalue weighted by atomic mass is 16.5. The Morgan fingerprint density at radius 3 is 2.64 bits per heavy atom. The average molecular weight is 383 g/mol. The summed E-state index contributed by atoms with van der Waals surface area (Å²) in [4.78, 5) is 10.8. The molecule has 3 rings (SSSR count). The first kappa shape index (κ1) is 20.2. The van der Waals surface area contributed by atoms with Crippen molar-refractivity contribution >= 4 is 5.91 Å². The lowest BCUT2D eigenvalue weighted by atomic mass is 9.97. The number of nitrogens with two attached hydrogens (primary N) is 1. The van der Waals surface area contributed by atoms with Crippen molar-refractivity contribution in [1.82, 2.24) is 5.32 Å². The average Bonchev–Trinajstić information content (AvgIpc) is 3.15. The summed E-state index contributed by atoms with van der Waals surface area (Å²) in [7, 11) is 0. The fourth-order valence-corrected chi connectivity index (χ4v) is 3.92. The SMILES string of the molecule is CCOc1cccc(C(C)NC2CCC(c3ccc(OCC(N)=O)cc3)C2)c1. The normalized spacial score (nSPS) is 19.9. The van der Waals surface area contributed by atoms with Crippen LogP contribution in [0.4, 0.5) is 0 Å². The molecule has 1 aliphatic carbocycles. The summed E-state index contributed by atoms with van der Waals surface area (Å²) in [6.45, 7) is 4.81. The van der Waals surface area contributed by atoms with Crippen molar-refractivity contribution in [3.05, 3.63) is 59.7 Å². The fraction of sp³-hybridized carbons (Fsp3) is 0.435. The maximum absolute atomic E-state index is 10.8. The molecule has 0 aromatic heterocycles. The van der Waals surface area contributed by atoms with Crippen molar-refractivity contribution < 1.29 is 14.3 Å². The molecule has 0 saturated heterocycles. The van der Waals surface area contributed by atoms with Gasteiger partial charge in [-0.1, -0.05) is 24.3 Å². The molecule has 1 saturated carbocycles. The minimum Gasteiger partial charge on any atom is -0.494 e.